The average molecular weight is 475 g/mol. The molecule has 0 aliphatic carbocycles. The number of carbonyl (C=O) groups excluding carboxylic acids is 2. The second-order valence-corrected chi connectivity index (χ2v) is 7.41. The smallest absolute Gasteiger partial charge is 0.344 e. The van der Waals surface area contributed by atoms with Crippen LogP contribution >= 0.6 is 28.1 Å². The van der Waals surface area contributed by atoms with Crippen molar-refractivity contribution in [1.29, 1.82) is 0 Å². The van der Waals surface area contributed by atoms with Gasteiger partial charge >= 0.3 is 5.97 Å². The van der Waals surface area contributed by atoms with Crippen LogP contribution in [-0.2, 0) is 14.4 Å². The maximum atomic E-state index is 13.0. The molecule has 1 unspecified atom stereocenters. The number of thiocarbonyl (C=S) groups is 1. The van der Waals surface area contributed by atoms with Crippen molar-refractivity contribution in [2.45, 2.75) is 13.0 Å². The number of hydrogen-bond donors (Lipinski definition) is 2. The molecule has 7 nitrogen and oxygen atoms in total. The van der Waals surface area contributed by atoms with Gasteiger partial charge in [0.1, 0.15) is 11.3 Å². The molecule has 1 heterocycles. The van der Waals surface area contributed by atoms with Crippen LogP contribution in [0.15, 0.2) is 58.6 Å². The molecule has 2 aromatic rings. The highest BCUT2D eigenvalue weighted by Crippen LogP contribution is 2.25. The Kier molecular flexibility index (Phi) is 6.09. The highest BCUT2D eigenvalue weighted by atomic mass is 79.9. The Labute approximate surface area is 180 Å². The summed E-state index contributed by atoms with van der Waals surface area (Å²) in [5.41, 5.74) is 1.01. The van der Waals surface area contributed by atoms with Gasteiger partial charge < -0.3 is 9.84 Å². The standard InChI is InChI=1S/C20H15BrN2O5S/c1-11(19(26)27)28-15-7-5-12(6-8-15)9-16-17(24)22-20(29)23(18(16)25)14-4-2-3-13(21)10-14/h2-11H,1H3,(H,26,27)(H,22,24,29)/b16-9-. The number of carbonyl (C=O) groups is 3. The van der Waals surface area contributed by atoms with Gasteiger partial charge in [0.25, 0.3) is 11.8 Å². The first-order valence-corrected chi connectivity index (χ1v) is 9.63. The number of amides is 2. The summed E-state index contributed by atoms with van der Waals surface area (Å²) in [6, 6.07) is 13.4. The van der Waals surface area contributed by atoms with Crippen molar-refractivity contribution in [3.8, 4) is 5.75 Å². The summed E-state index contributed by atoms with van der Waals surface area (Å²) >= 11 is 8.52. The third-order valence-corrected chi connectivity index (χ3v) is 4.80. The van der Waals surface area contributed by atoms with Crippen LogP contribution in [0.25, 0.3) is 6.08 Å². The van der Waals surface area contributed by atoms with Gasteiger partial charge in [-0.05, 0) is 61.1 Å². The lowest BCUT2D eigenvalue weighted by molar-refractivity contribution is -0.144. The summed E-state index contributed by atoms with van der Waals surface area (Å²) in [6.07, 6.45) is 0.444. The summed E-state index contributed by atoms with van der Waals surface area (Å²) in [5, 5.41) is 11.4. The fraction of sp³-hybridized carbons (Fsp3) is 0.100. The first-order chi connectivity index (χ1) is 13.8. The molecule has 1 saturated heterocycles. The minimum atomic E-state index is -1.08. The van der Waals surface area contributed by atoms with Crippen LogP contribution in [0.5, 0.6) is 5.75 Å². The summed E-state index contributed by atoms with van der Waals surface area (Å²) in [6.45, 7) is 1.42. The van der Waals surface area contributed by atoms with E-state index >= 15 is 0 Å². The van der Waals surface area contributed by atoms with Crippen LogP contribution in [0, 0.1) is 0 Å². The van der Waals surface area contributed by atoms with E-state index in [1.165, 1.54) is 17.9 Å². The van der Waals surface area contributed by atoms with Gasteiger partial charge in [-0.1, -0.05) is 34.1 Å². The van der Waals surface area contributed by atoms with Crippen molar-refractivity contribution in [3.05, 3.63) is 64.1 Å². The highest BCUT2D eigenvalue weighted by Gasteiger charge is 2.34. The Morgan fingerprint density at radius 2 is 1.93 bits per heavy atom. The molecule has 1 aliphatic rings. The van der Waals surface area contributed by atoms with Gasteiger partial charge in [-0.15, -0.1) is 0 Å². The highest BCUT2D eigenvalue weighted by molar-refractivity contribution is 9.10. The molecule has 0 radical (unpaired) electrons. The molecule has 0 bridgehead atoms. The summed E-state index contributed by atoms with van der Waals surface area (Å²) in [4.78, 5) is 37.4. The molecule has 0 saturated carbocycles. The maximum Gasteiger partial charge on any atom is 0.344 e. The Morgan fingerprint density at radius 1 is 1.24 bits per heavy atom. The van der Waals surface area contributed by atoms with Crippen molar-refractivity contribution in [3.63, 3.8) is 0 Å². The van der Waals surface area contributed by atoms with E-state index in [2.05, 4.69) is 21.2 Å². The van der Waals surface area contributed by atoms with Gasteiger partial charge in [0.15, 0.2) is 11.2 Å². The number of carboxylic acid groups (broad SMARTS) is 1. The molecule has 3 rings (SSSR count). The lowest BCUT2D eigenvalue weighted by Crippen LogP contribution is -2.54. The average Bonchev–Trinajstić information content (AvgIpc) is 2.66. The minimum absolute atomic E-state index is 0.00153. The summed E-state index contributed by atoms with van der Waals surface area (Å²) < 4.78 is 6.03. The number of nitrogens with one attached hydrogen (secondary N) is 1. The Bertz CT molecular complexity index is 1040. The van der Waals surface area contributed by atoms with E-state index in [4.69, 9.17) is 22.1 Å². The van der Waals surface area contributed by atoms with Gasteiger partial charge in [0.05, 0.1) is 5.69 Å². The summed E-state index contributed by atoms with van der Waals surface area (Å²) in [5.74, 6) is -1.86. The lowest BCUT2D eigenvalue weighted by Gasteiger charge is -2.29. The van der Waals surface area contributed by atoms with E-state index in [0.29, 0.717) is 17.0 Å². The molecular formula is C20H15BrN2O5S. The van der Waals surface area contributed by atoms with Crippen molar-refractivity contribution in [2.24, 2.45) is 0 Å². The normalized spacial score (nSPS) is 16.6. The van der Waals surface area contributed by atoms with E-state index in [9.17, 15) is 14.4 Å². The van der Waals surface area contributed by atoms with Crippen LogP contribution in [-0.4, -0.2) is 34.1 Å². The van der Waals surface area contributed by atoms with Gasteiger partial charge in [-0.25, -0.2) is 4.79 Å². The minimum Gasteiger partial charge on any atom is -0.479 e. The van der Waals surface area contributed by atoms with Crippen LogP contribution in [0.4, 0.5) is 5.69 Å². The molecule has 2 aromatic carbocycles. The third kappa shape index (κ3) is 4.69. The third-order valence-electron chi connectivity index (χ3n) is 4.02. The number of ether oxygens (including phenoxy) is 1. The molecule has 29 heavy (non-hydrogen) atoms. The van der Waals surface area contributed by atoms with Gasteiger partial charge in [-0.3, -0.25) is 19.8 Å². The van der Waals surface area contributed by atoms with Gasteiger partial charge in [-0.2, -0.15) is 0 Å². The molecule has 1 atom stereocenters. The number of carboxylic acids is 1. The lowest BCUT2D eigenvalue weighted by atomic mass is 10.1. The SMILES string of the molecule is CC(Oc1ccc(/C=C2/C(=O)NC(=S)N(c3cccc(Br)c3)C2=O)cc1)C(=O)O. The summed E-state index contributed by atoms with van der Waals surface area (Å²) in [7, 11) is 0. The number of benzene rings is 2. The number of anilines is 1. The topological polar surface area (TPSA) is 95.9 Å². The number of aliphatic carboxylic acids is 1. The Morgan fingerprint density at radius 3 is 2.55 bits per heavy atom. The van der Waals surface area contributed by atoms with Crippen LogP contribution in [0.3, 0.4) is 0 Å². The zero-order valence-electron chi connectivity index (χ0n) is 15.1. The molecule has 2 amide bonds. The molecule has 9 heteroatoms. The molecule has 0 spiro atoms. The van der Waals surface area contributed by atoms with Crippen LogP contribution in [0.1, 0.15) is 12.5 Å². The molecule has 0 aromatic heterocycles. The number of rotatable bonds is 5. The molecule has 148 valence electrons. The van der Waals surface area contributed by atoms with Crippen LogP contribution < -0.4 is 15.0 Å². The number of nitrogens with zero attached hydrogens (tertiary/aromatic N) is 1. The van der Waals surface area contributed by atoms with E-state index in [0.717, 1.165) is 4.47 Å². The molecule has 1 fully saturated rings. The van der Waals surface area contributed by atoms with Crippen LogP contribution in [0.2, 0.25) is 0 Å². The first-order valence-electron chi connectivity index (χ1n) is 8.43. The number of hydrogen-bond acceptors (Lipinski definition) is 5. The van der Waals surface area contributed by atoms with Crippen molar-refractivity contribution in [2.75, 3.05) is 4.90 Å². The second kappa shape index (κ2) is 8.54. The molecule has 1 aliphatic heterocycles. The largest absolute Gasteiger partial charge is 0.479 e. The maximum absolute atomic E-state index is 13.0. The molecule has 2 N–H and O–H groups in total. The fourth-order valence-corrected chi connectivity index (χ4v) is 3.24. The monoisotopic (exact) mass is 474 g/mol. The Hall–Kier alpha value is -3.04. The quantitative estimate of drug-likeness (QED) is 0.392. The molecular weight excluding hydrogens is 460 g/mol. The van der Waals surface area contributed by atoms with Gasteiger partial charge in [0, 0.05) is 4.47 Å². The first kappa shape index (κ1) is 20.7. The van der Waals surface area contributed by atoms with Crippen molar-refractivity contribution >= 4 is 62.8 Å². The van der Waals surface area contributed by atoms with E-state index in [1.54, 1.807) is 42.5 Å². The second-order valence-electron chi connectivity index (χ2n) is 6.11. The zero-order chi connectivity index (χ0) is 21.1. The van der Waals surface area contributed by atoms with E-state index in [1.807, 2.05) is 6.07 Å². The fourth-order valence-electron chi connectivity index (χ4n) is 2.57. The predicted molar refractivity (Wildman–Crippen MR) is 115 cm³/mol. The number of halogens is 1. The zero-order valence-corrected chi connectivity index (χ0v) is 17.5. The Balaban J connectivity index is 1.87. The van der Waals surface area contributed by atoms with Gasteiger partial charge in [0.2, 0.25) is 0 Å². The van der Waals surface area contributed by atoms with E-state index < -0.39 is 23.9 Å². The van der Waals surface area contributed by atoms with Crippen molar-refractivity contribution < 1.29 is 24.2 Å². The van der Waals surface area contributed by atoms with Crippen molar-refractivity contribution in [1.82, 2.24) is 5.32 Å². The predicted octanol–water partition coefficient (Wildman–Crippen LogP) is 3.13. The van der Waals surface area contributed by atoms with E-state index in [-0.39, 0.29) is 10.7 Å².